The van der Waals surface area contributed by atoms with Crippen LogP contribution < -0.4 is 0 Å². The maximum Gasteiger partial charge on any atom is 0.230 e. The van der Waals surface area contributed by atoms with Crippen LogP contribution in [0.5, 0.6) is 0 Å². The first-order chi connectivity index (χ1) is 14.4. The average molecular weight is 427 g/mol. The van der Waals surface area contributed by atoms with Crippen LogP contribution in [0.1, 0.15) is 56.3 Å². The van der Waals surface area contributed by atoms with E-state index in [1.54, 1.807) is 0 Å². The first-order valence-electron chi connectivity index (χ1n) is 11.2. The Morgan fingerprint density at radius 2 is 2.13 bits per heavy atom. The van der Waals surface area contributed by atoms with Gasteiger partial charge in [0.1, 0.15) is 0 Å². The van der Waals surface area contributed by atoms with Gasteiger partial charge in [0.15, 0.2) is 0 Å². The second kappa shape index (κ2) is 7.69. The van der Waals surface area contributed by atoms with Crippen molar-refractivity contribution < 1.29 is 4.79 Å². The van der Waals surface area contributed by atoms with Gasteiger partial charge >= 0.3 is 0 Å². The van der Waals surface area contributed by atoms with Gasteiger partial charge in [-0.15, -0.1) is 0 Å². The van der Waals surface area contributed by atoms with Crippen molar-refractivity contribution >= 4 is 17.5 Å². The molecule has 0 bridgehead atoms. The Hall–Kier alpha value is -1.85. The van der Waals surface area contributed by atoms with E-state index >= 15 is 0 Å². The molecule has 160 valence electrons. The SMILES string of the molecule is CC(C)n1cnc([C@@H]2CN(Cc3cccc(Cl)c3)C[C@@]23CCN(CC2CC2)C3=O)c1. The summed E-state index contributed by atoms with van der Waals surface area (Å²) in [5, 5.41) is 0.765. The minimum absolute atomic E-state index is 0.147. The van der Waals surface area contributed by atoms with Crippen LogP contribution in [-0.4, -0.2) is 51.4 Å². The smallest absolute Gasteiger partial charge is 0.230 e. The highest BCUT2D eigenvalue weighted by Crippen LogP contribution is 2.50. The molecule has 1 aromatic heterocycles. The van der Waals surface area contributed by atoms with Crippen molar-refractivity contribution in [2.75, 3.05) is 26.2 Å². The van der Waals surface area contributed by atoms with Gasteiger partial charge in [-0.05, 0) is 56.7 Å². The second-order valence-electron chi connectivity index (χ2n) is 9.79. The van der Waals surface area contributed by atoms with Gasteiger partial charge in [-0.2, -0.15) is 0 Å². The Balaban J connectivity index is 1.43. The number of amides is 1. The highest BCUT2D eigenvalue weighted by molar-refractivity contribution is 6.30. The van der Waals surface area contributed by atoms with E-state index in [9.17, 15) is 4.79 Å². The molecule has 5 nitrogen and oxygen atoms in total. The average Bonchev–Trinajstić information content (AvgIpc) is 3.13. The first kappa shape index (κ1) is 20.1. The summed E-state index contributed by atoms with van der Waals surface area (Å²) < 4.78 is 2.16. The van der Waals surface area contributed by atoms with E-state index in [1.807, 2.05) is 24.5 Å². The molecule has 2 aliphatic heterocycles. The number of aromatic nitrogens is 2. The summed E-state index contributed by atoms with van der Waals surface area (Å²) in [5.74, 6) is 1.23. The number of nitrogens with zero attached hydrogens (tertiary/aromatic N) is 4. The molecule has 3 fully saturated rings. The zero-order valence-corrected chi connectivity index (χ0v) is 18.7. The number of carbonyl (C=O) groups excluding carboxylic acids is 1. The van der Waals surface area contributed by atoms with E-state index in [0.717, 1.165) is 55.8 Å². The van der Waals surface area contributed by atoms with Crippen LogP contribution in [0.4, 0.5) is 0 Å². The lowest BCUT2D eigenvalue weighted by Crippen LogP contribution is -2.40. The van der Waals surface area contributed by atoms with E-state index in [4.69, 9.17) is 16.6 Å². The zero-order chi connectivity index (χ0) is 20.9. The summed E-state index contributed by atoms with van der Waals surface area (Å²) in [6.07, 6.45) is 7.58. The van der Waals surface area contributed by atoms with Gasteiger partial charge in [-0.1, -0.05) is 23.7 Å². The van der Waals surface area contributed by atoms with Gasteiger partial charge in [0.2, 0.25) is 5.91 Å². The molecule has 30 heavy (non-hydrogen) atoms. The quantitative estimate of drug-likeness (QED) is 0.689. The van der Waals surface area contributed by atoms with Crippen LogP contribution in [0.2, 0.25) is 5.02 Å². The van der Waals surface area contributed by atoms with Gasteiger partial charge < -0.3 is 9.47 Å². The number of halogens is 1. The Morgan fingerprint density at radius 3 is 2.83 bits per heavy atom. The third kappa shape index (κ3) is 3.67. The minimum Gasteiger partial charge on any atom is -0.342 e. The second-order valence-corrected chi connectivity index (χ2v) is 10.2. The number of likely N-dealkylation sites (tertiary alicyclic amines) is 2. The summed E-state index contributed by atoms with van der Waals surface area (Å²) in [4.78, 5) is 23.1. The molecule has 1 aromatic carbocycles. The van der Waals surface area contributed by atoms with Gasteiger partial charge in [-0.3, -0.25) is 9.69 Å². The predicted octanol–water partition coefficient (Wildman–Crippen LogP) is 4.35. The lowest BCUT2D eigenvalue weighted by molar-refractivity contribution is -0.136. The molecule has 1 saturated carbocycles. The predicted molar refractivity (Wildman–Crippen MR) is 118 cm³/mol. The summed E-state index contributed by atoms with van der Waals surface area (Å²) in [6, 6.07) is 8.44. The molecule has 0 unspecified atom stereocenters. The normalized spacial score (nSPS) is 27.1. The molecule has 1 amide bonds. The number of carbonyl (C=O) groups is 1. The molecule has 2 saturated heterocycles. The van der Waals surface area contributed by atoms with Crippen LogP contribution >= 0.6 is 11.6 Å². The molecule has 0 N–H and O–H groups in total. The van der Waals surface area contributed by atoms with Crippen molar-refractivity contribution in [2.45, 2.75) is 51.6 Å². The fourth-order valence-electron chi connectivity index (χ4n) is 5.33. The molecule has 3 heterocycles. The van der Waals surface area contributed by atoms with E-state index in [1.165, 1.54) is 18.4 Å². The number of hydrogen-bond donors (Lipinski definition) is 0. The topological polar surface area (TPSA) is 41.4 Å². The fraction of sp³-hybridized carbons (Fsp3) is 0.583. The molecule has 3 aliphatic rings. The third-order valence-corrected chi connectivity index (χ3v) is 7.44. The first-order valence-corrected chi connectivity index (χ1v) is 11.6. The van der Waals surface area contributed by atoms with Gasteiger partial charge in [-0.25, -0.2) is 4.98 Å². The Morgan fingerprint density at radius 1 is 1.30 bits per heavy atom. The highest BCUT2D eigenvalue weighted by Gasteiger charge is 2.58. The van der Waals surface area contributed by atoms with E-state index in [0.29, 0.717) is 11.9 Å². The maximum atomic E-state index is 13.7. The van der Waals surface area contributed by atoms with Crippen LogP contribution in [0, 0.1) is 11.3 Å². The number of hydrogen-bond acceptors (Lipinski definition) is 3. The largest absolute Gasteiger partial charge is 0.342 e. The van der Waals surface area contributed by atoms with E-state index < -0.39 is 0 Å². The molecule has 1 aliphatic carbocycles. The summed E-state index contributed by atoms with van der Waals surface area (Å²) >= 11 is 6.21. The van der Waals surface area contributed by atoms with E-state index in [-0.39, 0.29) is 11.3 Å². The molecule has 2 aromatic rings. The monoisotopic (exact) mass is 426 g/mol. The Kier molecular flexibility index (Phi) is 5.14. The Labute approximate surface area is 184 Å². The lowest BCUT2D eigenvalue weighted by Gasteiger charge is -2.28. The zero-order valence-electron chi connectivity index (χ0n) is 17.9. The molecule has 2 atom stereocenters. The molecular formula is C24H31ClN4O. The van der Waals surface area contributed by atoms with Crippen LogP contribution in [0.25, 0.3) is 0 Å². The van der Waals surface area contributed by atoms with Crippen LogP contribution in [-0.2, 0) is 11.3 Å². The van der Waals surface area contributed by atoms with E-state index in [2.05, 4.69) is 40.5 Å². The van der Waals surface area contributed by atoms with Crippen molar-refractivity contribution in [2.24, 2.45) is 11.3 Å². The van der Waals surface area contributed by atoms with Crippen molar-refractivity contribution in [1.29, 1.82) is 0 Å². The summed E-state index contributed by atoms with van der Waals surface area (Å²) in [6.45, 7) is 8.66. The fourth-order valence-corrected chi connectivity index (χ4v) is 5.54. The molecule has 5 rings (SSSR count). The highest BCUT2D eigenvalue weighted by atomic mass is 35.5. The number of rotatable bonds is 6. The third-order valence-electron chi connectivity index (χ3n) is 7.20. The minimum atomic E-state index is -0.344. The molecule has 1 spiro atoms. The lowest BCUT2D eigenvalue weighted by atomic mass is 9.75. The van der Waals surface area contributed by atoms with Crippen LogP contribution in [0.15, 0.2) is 36.8 Å². The molecule has 6 heteroatoms. The maximum absolute atomic E-state index is 13.7. The van der Waals surface area contributed by atoms with Crippen molar-refractivity contribution in [3.63, 3.8) is 0 Å². The summed E-state index contributed by atoms with van der Waals surface area (Å²) in [7, 11) is 0. The van der Waals surface area contributed by atoms with Crippen LogP contribution in [0.3, 0.4) is 0 Å². The number of imidazole rings is 1. The van der Waals surface area contributed by atoms with Gasteiger partial charge in [0.05, 0.1) is 17.4 Å². The van der Waals surface area contributed by atoms with Crippen molar-refractivity contribution in [1.82, 2.24) is 19.4 Å². The van der Waals surface area contributed by atoms with Gasteiger partial charge in [0.25, 0.3) is 0 Å². The van der Waals surface area contributed by atoms with Crippen molar-refractivity contribution in [3.05, 3.63) is 53.1 Å². The number of benzene rings is 1. The van der Waals surface area contributed by atoms with Gasteiger partial charge in [0, 0.05) is 55.9 Å². The molecular weight excluding hydrogens is 396 g/mol. The molecule has 0 radical (unpaired) electrons. The standard InChI is InChI=1S/C24H31ClN4O/c1-17(2)29-14-22(26-16-29)21-13-27(11-19-4-3-5-20(25)10-19)15-24(21)8-9-28(23(24)30)12-18-6-7-18/h3-5,10,14,16-18,21H,6-9,11-13,15H2,1-2H3/t21-,24-/m0/s1. The Bertz CT molecular complexity index is 937. The summed E-state index contributed by atoms with van der Waals surface area (Å²) in [5.41, 5.74) is 1.93. The van der Waals surface area contributed by atoms with Crippen molar-refractivity contribution in [3.8, 4) is 0 Å².